The van der Waals surface area contributed by atoms with Crippen LogP contribution < -0.4 is 0 Å². The Labute approximate surface area is 203 Å². The Morgan fingerprint density at radius 3 is 2.72 bits per heavy atom. The number of thioether (sulfide) groups is 1. The molecule has 2 aliphatic carbocycles. The van der Waals surface area contributed by atoms with Crippen molar-refractivity contribution in [1.82, 2.24) is 0 Å². The van der Waals surface area contributed by atoms with Gasteiger partial charge in [-0.1, -0.05) is 66.3 Å². The van der Waals surface area contributed by atoms with Crippen LogP contribution in [0.2, 0.25) is 0 Å². The van der Waals surface area contributed by atoms with Gasteiger partial charge in [-0.15, -0.1) is 11.8 Å². The van der Waals surface area contributed by atoms with Gasteiger partial charge in [0.1, 0.15) is 0 Å². The van der Waals surface area contributed by atoms with Crippen LogP contribution in [0.25, 0.3) is 21.3 Å². The van der Waals surface area contributed by atoms with Crippen molar-refractivity contribution in [2.24, 2.45) is 5.92 Å². The van der Waals surface area contributed by atoms with Crippen molar-refractivity contribution in [3.05, 3.63) is 105 Å². The van der Waals surface area contributed by atoms with Gasteiger partial charge in [0.15, 0.2) is 0 Å². The van der Waals surface area contributed by atoms with E-state index in [0.717, 1.165) is 12.8 Å². The molecule has 0 N–H and O–H groups in total. The lowest BCUT2D eigenvalue weighted by atomic mass is 9.72. The minimum absolute atomic E-state index is 0.586. The highest BCUT2D eigenvalue weighted by Gasteiger charge is 2.29. The van der Waals surface area contributed by atoms with E-state index in [-0.39, 0.29) is 0 Å². The summed E-state index contributed by atoms with van der Waals surface area (Å²) in [7, 11) is 0. The normalized spacial score (nSPS) is 19.8. The summed E-state index contributed by atoms with van der Waals surface area (Å²) in [5, 5.41) is 2.86. The van der Waals surface area contributed by atoms with Crippen LogP contribution in [0.15, 0.2) is 76.8 Å². The Balaban J connectivity index is 1.55. The second kappa shape index (κ2) is 8.39. The first-order chi connectivity index (χ1) is 15.7. The summed E-state index contributed by atoms with van der Waals surface area (Å²) in [6.45, 7) is 2.25. The largest absolute Gasteiger partial charge is 0.125 e. The number of hydrogen-bond donors (Lipinski definition) is 0. The van der Waals surface area contributed by atoms with Gasteiger partial charge in [-0.05, 0) is 106 Å². The highest BCUT2D eigenvalue weighted by Crippen LogP contribution is 2.48. The zero-order chi connectivity index (χ0) is 21.7. The molecule has 160 valence electrons. The first-order valence-electron chi connectivity index (χ1n) is 11.7. The van der Waals surface area contributed by atoms with E-state index >= 15 is 0 Å². The molecule has 3 aromatic carbocycles. The van der Waals surface area contributed by atoms with Crippen LogP contribution in [0.4, 0.5) is 0 Å². The predicted molar refractivity (Wildman–Crippen MR) is 144 cm³/mol. The molecule has 1 unspecified atom stereocenters. The number of hydrogen-bond acceptors (Lipinski definition) is 1. The molecule has 0 radical (unpaired) electrons. The summed E-state index contributed by atoms with van der Waals surface area (Å²) in [5.74, 6) is 1.78. The fourth-order valence-electron chi connectivity index (χ4n) is 5.78. The Bertz CT molecular complexity index is 1310. The summed E-state index contributed by atoms with van der Waals surface area (Å²) in [6, 6.07) is 18.3. The molecule has 0 saturated carbocycles. The number of fused-ring (bicyclic) bond motifs is 4. The van der Waals surface area contributed by atoms with Crippen LogP contribution in [0, 0.1) is 12.8 Å². The second-order valence-electron chi connectivity index (χ2n) is 9.25. The van der Waals surface area contributed by atoms with Crippen molar-refractivity contribution in [1.29, 1.82) is 0 Å². The van der Waals surface area contributed by atoms with Crippen molar-refractivity contribution in [2.75, 3.05) is 5.75 Å². The summed E-state index contributed by atoms with van der Waals surface area (Å²) in [4.78, 5) is 1.44. The molecule has 6 rings (SSSR count). The van der Waals surface area contributed by atoms with E-state index < -0.39 is 0 Å². The zero-order valence-corrected chi connectivity index (χ0v) is 20.9. The van der Waals surface area contributed by atoms with E-state index in [9.17, 15) is 0 Å². The summed E-state index contributed by atoms with van der Waals surface area (Å²) < 4.78 is 1.26. The fraction of sp³-hybridized carbons (Fsp3) is 0.267. The van der Waals surface area contributed by atoms with Crippen molar-refractivity contribution < 1.29 is 0 Å². The summed E-state index contributed by atoms with van der Waals surface area (Å²) in [6.07, 6.45) is 13.0. The number of rotatable bonds is 3. The van der Waals surface area contributed by atoms with Gasteiger partial charge in [0.2, 0.25) is 0 Å². The molecule has 0 amide bonds. The van der Waals surface area contributed by atoms with Crippen molar-refractivity contribution >= 4 is 48.9 Å². The SMILES string of the molecule is Cc1cc2c3c(ccc2c(C2=CCCS2)c1Br)C1=C(CCC=C1)C(Cc1ccccc1)C3. The third-order valence-corrected chi connectivity index (χ3v) is 9.42. The molecule has 32 heavy (non-hydrogen) atoms. The Hall–Kier alpha value is -2.03. The number of allylic oxidation sites excluding steroid dienone is 5. The maximum Gasteiger partial charge on any atom is 0.0294 e. The van der Waals surface area contributed by atoms with Gasteiger partial charge in [0, 0.05) is 20.7 Å². The Kier molecular flexibility index (Phi) is 5.39. The Morgan fingerprint density at radius 2 is 1.91 bits per heavy atom. The van der Waals surface area contributed by atoms with Gasteiger partial charge in [0.25, 0.3) is 0 Å². The van der Waals surface area contributed by atoms with Gasteiger partial charge in [-0.3, -0.25) is 0 Å². The van der Waals surface area contributed by atoms with E-state index in [0.29, 0.717) is 5.92 Å². The van der Waals surface area contributed by atoms with E-state index in [2.05, 4.69) is 89.6 Å². The van der Waals surface area contributed by atoms with Gasteiger partial charge in [-0.2, -0.15) is 0 Å². The van der Waals surface area contributed by atoms with E-state index in [1.807, 2.05) is 11.8 Å². The van der Waals surface area contributed by atoms with Crippen molar-refractivity contribution in [3.8, 4) is 0 Å². The van der Waals surface area contributed by atoms with Gasteiger partial charge < -0.3 is 0 Å². The van der Waals surface area contributed by atoms with Gasteiger partial charge in [-0.25, -0.2) is 0 Å². The van der Waals surface area contributed by atoms with Gasteiger partial charge >= 0.3 is 0 Å². The quantitative estimate of drug-likeness (QED) is 0.347. The highest BCUT2D eigenvalue weighted by atomic mass is 79.9. The third kappa shape index (κ3) is 3.43. The predicted octanol–water partition coefficient (Wildman–Crippen LogP) is 8.91. The average molecular weight is 500 g/mol. The molecule has 1 atom stereocenters. The standard InChI is InChI=1S/C30H27BrS/c1-19-16-26-25(29(30(19)31)28-12-7-15-32-28)14-13-24-23-11-6-5-10-22(23)21(18-27(24)26)17-20-8-3-2-4-9-20/h2-4,6,8-9,11-14,16,21H,5,7,10,15,17-18H2,1H3. The van der Waals surface area contributed by atoms with E-state index in [1.165, 1.54) is 73.0 Å². The molecule has 0 fully saturated rings. The third-order valence-electron chi connectivity index (χ3n) is 7.27. The first-order valence-corrected chi connectivity index (χ1v) is 13.5. The molecular formula is C30H27BrS. The second-order valence-corrected chi connectivity index (χ2v) is 11.2. The van der Waals surface area contributed by atoms with Crippen LogP contribution in [-0.4, -0.2) is 5.75 Å². The molecule has 0 saturated heterocycles. The van der Waals surface area contributed by atoms with E-state index in [4.69, 9.17) is 0 Å². The topological polar surface area (TPSA) is 0 Å². The molecule has 2 heteroatoms. The van der Waals surface area contributed by atoms with Crippen LogP contribution in [0.3, 0.4) is 0 Å². The minimum Gasteiger partial charge on any atom is -0.125 e. The monoisotopic (exact) mass is 498 g/mol. The summed E-state index contributed by atoms with van der Waals surface area (Å²) in [5.41, 5.74) is 10.4. The first kappa shape index (κ1) is 20.6. The molecule has 1 aliphatic heterocycles. The molecule has 0 spiro atoms. The van der Waals surface area contributed by atoms with E-state index in [1.54, 1.807) is 11.1 Å². The number of benzene rings is 3. The highest BCUT2D eigenvalue weighted by molar-refractivity contribution is 9.10. The minimum atomic E-state index is 0.586. The molecule has 0 aromatic heterocycles. The number of halogens is 1. The lowest BCUT2D eigenvalue weighted by Gasteiger charge is -2.33. The number of aryl methyl sites for hydroxylation is 1. The molecule has 3 aromatic rings. The molecule has 0 bridgehead atoms. The lowest BCUT2D eigenvalue weighted by Crippen LogP contribution is -2.20. The maximum atomic E-state index is 3.94. The molecule has 0 nitrogen and oxygen atoms in total. The van der Waals surface area contributed by atoms with Crippen molar-refractivity contribution in [3.63, 3.8) is 0 Å². The van der Waals surface area contributed by atoms with Crippen LogP contribution >= 0.6 is 27.7 Å². The van der Waals surface area contributed by atoms with Crippen LogP contribution in [-0.2, 0) is 12.8 Å². The molecular weight excluding hydrogens is 472 g/mol. The molecule has 1 heterocycles. The smallest absolute Gasteiger partial charge is 0.0294 e. The molecule has 3 aliphatic rings. The Morgan fingerprint density at radius 1 is 1.03 bits per heavy atom. The van der Waals surface area contributed by atoms with Crippen molar-refractivity contribution in [2.45, 2.75) is 39.0 Å². The zero-order valence-electron chi connectivity index (χ0n) is 18.5. The maximum absolute atomic E-state index is 3.94. The fourth-order valence-corrected chi connectivity index (χ4v) is 7.50. The summed E-state index contributed by atoms with van der Waals surface area (Å²) >= 11 is 5.95. The average Bonchev–Trinajstić information content (AvgIpc) is 3.35. The van der Waals surface area contributed by atoms with Crippen LogP contribution in [0.1, 0.15) is 47.1 Å². The van der Waals surface area contributed by atoms with Crippen LogP contribution in [0.5, 0.6) is 0 Å². The lowest BCUT2D eigenvalue weighted by molar-refractivity contribution is 0.575. The van der Waals surface area contributed by atoms with Gasteiger partial charge in [0.05, 0.1) is 0 Å².